The van der Waals surface area contributed by atoms with Crippen molar-refractivity contribution in [3.05, 3.63) is 12.2 Å². The third-order valence-electron chi connectivity index (χ3n) is 3.10. The van der Waals surface area contributed by atoms with Gasteiger partial charge >= 0.3 is 0 Å². The highest BCUT2D eigenvalue weighted by Gasteiger charge is 2.36. The van der Waals surface area contributed by atoms with Crippen molar-refractivity contribution in [1.82, 2.24) is 0 Å². The van der Waals surface area contributed by atoms with Gasteiger partial charge in [0.2, 0.25) is 5.91 Å². The molecule has 18 heavy (non-hydrogen) atoms. The minimum atomic E-state index is -0.457. The molecular formula is C15H27NO2. The van der Waals surface area contributed by atoms with Gasteiger partial charge in [-0.15, -0.1) is 6.58 Å². The third kappa shape index (κ3) is 5.03. The Morgan fingerprint density at radius 2 is 1.72 bits per heavy atom. The molecule has 0 rings (SSSR count). The van der Waals surface area contributed by atoms with Crippen LogP contribution in [0.25, 0.3) is 0 Å². The number of primary amides is 1. The van der Waals surface area contributed by atoms with Crippen LogP contribution in [0.2, 0.25) is 0 Å². The fourth-order valence-electron chi connectivity index (χ4n) is 2.20. The van der Waals surface area contributed by atoms with E-state index in [1.165, 1.54) is 0 Å². The van der Waals surface area contributed by atoms with E-state index in [9.17, 15) is 9.59 Å². The summed E-state index contributed by atoms with van der Waals surface area (Å²) < 4.78 is 0. The summed E-state index contributed by atoms with van der Waals surface area (Å²) in [7, 11) is 0. The first-order chi connectivity index (χ1) is 8.11. The first kappa shape index (κ1) is 16.9. The number of carbonyl (C=O) groups is 2. The zero-order chi connectivity index (χ0) is 14.5. The average Bonchev–Trinajstić information content (AvgIpc) is 2.20. The molecule has 3 heteroatoms. The summed E-state index contributed by atoms with van der Waals surface area (Å²) in [6, 6.07) is 0. The summed E-state index contributed by atoms with van der Waals surface area (Å²) in [5.41, 5.74) is 5.92. The van der Waals surface area contributed by atoms with Crippen molar-refractivity contribution in [2.24, 2.45) is 23.0 Å². The van der Waals surface area contributed by atoms with Crippen molar-refractivity contribution >= 4 is 11.7 Å². The molecule has 0 aromatic rings. The molecule has 0 radical (unpaired) electrons. The van der Waals surface area contributed by atoms with E-state index < -0.39 is 5.41 Å². The van der Waals surface area contributed by atoms with Gasteiger partial charge in [-0.05, 0) is 19.8 Å². The Hall–Kier alpha value is -1.12. The molecule has 0 aliphatic heterocycles. The van der Waals surface area contributed by atoms with E-state index in [1.807, 2.05) is 34.6 Å². The van der Waals surface area contributed by atoms with Gasteiger partial charge in [0.25, 0.3) is 0 Å². The predicted molar refractivity (Wildman–Crippen MR) is 75.0 cm³/mol. The fraction of sp³-hybridized carbons (Fsp3) is 0.733. The van der Waals surface area contributed by atoms with Crippen LogP contribution in [0.15, 0.2) is 12.2 Å². The van der Waals surface area contributed by atoms with Crippen LogP contribution in [0.4, 0.5) is 0 Å². The Labute approximate surface area is 111 Å². The van der Waals surface area contributed by atoms with Crippen molar-refractivity contribution in [2.75, 3.05) is 0 Å². The van der Waals surface area contributed by atoms with Crippen molar-refractivity contribution in [2.45, 2.75) is 53.9 Å². The summed E-state index contributed by atoms with van der Waals surface area (Å²) in [6.45, 7) is 13.4. The molecule has 0 aromatic heterocycles. The number of ketones is 1. The number of nitrogens with two attached hydrogens (primary N) is 1. The van der Waals surface area contributed by atoms with Crippen LogP contribution in [-0.2, 0) is 9.59 Å². The quantitative estimate of drug-likeness (QED) is 0.709. The number of hydrogen-bond acceptors (Lipinski definition) is 2. The van der Waals surface area contributed by atoms with E-state index in [0.29, 0.717) is 12.8 Å². The van der Waals surface area contributed by atoms with Crippen LogP contribution in [0, 0.1) is 17.3 Å². The first-order valence-electron chi connectivity index (χ1n) is 6.59. The number of allylic oxidation sites excluding steroid dienone is 1. The van der Waals surface area contributed by atoms with Gasteiger partial charge in [0.1, 0.15) is 5.78 Å². The monoisotopic (exact) mass is 253 g/mol. The minimum Gasteiger partial charge on any atom is -0.369 e. The molecule has 2 atom stereocenters. The van der Waals surface area contributed by atoms with Crippen molar-refractivity contribution < 1.29 is 9.59 Å². The molecule has 1 amide bonds. The summed E-state index contributed by atoms with van der Waals surface area (Å²) in [6.07, 6.45) is 2.05. The highest BCUT2D eigenvalue weighted by atomic mass is 16.1. The minimum absolute atomic E-state index is 0.0998. The normalized spacial score (nSPS) is 14.9. The molecule has 0 unspecified atom stereocenters. The second kappa shape index (κ2) is 6.72. The molecule has 0 aliphatic rings. The number of Topliss-reactive ketones (excluding diaryl/α,β-unsaturated/α-hetero) is 1. The Kier molecular flexibility index (Phi) is 6.30. The topological polar surface area (TPSA) is 60.2 Å². The molecule has 0 spiro atoms. The van der Waals surface area contributed by atoms with Crippen molar-refractivity contribution in [1.29, 1.82) is 0 Å². The van der Waals surface area contributed by atoms with Gasteiger partial charge in [-0.25, -0.2) is 0 Å². The average molecular weight is 253 g/mol. The lowest BCUT2D eigenvalue weighted by atomic mass is 9.73. The molecule has 0 heterocycles. The van der Waals surface area contributed by atoms with Crippen LogP contribution in [0.3, 0.4) is 0 Å². The smallest absolute Gasteiger partial charge is 0.221 e. The zero-order valence-electron chi connectivity index (χ0n) is 12.4. The van der Waals surface area contributed by atoms with Gasteiger partial charge in [0.05, 0.1) is 0 Å². The Balaban J connectivity index is 5.24. The third-order valence-corrected chi connectivity index (χ3v) is 3.10. The largest absolute Gasteiger partial charge is 0.369 e. The van der Waals surface area contributed by atoms with E-state index in [2.05, 4.69) is 6.58 Å². The maximum absolute atomic E-state index is 12.5. The maximum atomic E-state index is 12.5. The van der Waals surface area contributed by atoms with Gasteiger partial charge in [0, 0.05) is 17.3 Å². The first-order valence-corrected chi connectivity index (χ1v) is 6.59. The summed E-state index contributed by atoms with van der Waals surface area (Å²) in [5, 5.41) is 0. The number of hydrogen-bond donors (Lipinski definition) is 1. The van der Waals surface area contributed by atoms with Crippen LogP contribution >= 0.6 is 0 Å². The van der Waals surface area contributed by atoms with Gasteiger partial charge in [-0.2, -0.15) is 0 Å². The molecule has 104 valence electrons. The summed E-state index contributed by atoms with van der Waals surface area (Å²) in [5.74, 6) is -0.984. The summed E-state index contributed by atoms with van der Waals surface area (Å²) >= 11 is 0. The van der Waals surface area contributed by atoms with Gasteiger partial charge in [-0.3, -0.25) is 9.59 Å². The molecule has 0 aromatic carbocycles. The molecule has 0 bridgehead atoms. The molecular weight excluding hydrogens is 226 g/mol. The second-order valence-corrected chi connectivity index (χ2v) is 6.18. The Morgan fingerprint density at radius 1 is 1.22 bits per heavy atom. The molecule has 0 saturated carbocycles. The molecule has 0 aliphatic carbocycles. The molecule has 0 fully saturated rings. The summed E-state index contributed by atoms with van der Waals surface area (Å²) in [4.78, 5) is 24.1. The highest BCUT2D eigenvalue weighted by Crippen LogP contribution is 2.31. The number of amides is 1. The van der Waals surface area contributed by atoms with E-state index in [0.717, 1.165) is 12.0 Å². The number of carbonyl (C=O) groups excluding carboxylic acids is 2. The van der Waals surface area contributed by atoms with Crippen LogP contribution in [-0.4, -0.2) is 11.7 Å². The lowest BCUT2D eigenvalue weighted by Crippen LogP contribution is -2.39. The standard InChI is InChI=1S/C15H27NO2/c1-7-8-11(14(16)18)12(9-10(2)3)13(17)15(4,5)6/h11-12H,2,7-9H2,1,3-6H3,(H2,16,18)/t11-,12+/m0/s1. The Morgan fingerprint density at radius 3 is 2.00 bits per heavy atom. The lowest BCUT2D eigenvalue weighted by molar-refractivity contribution is -0.137. The number of rotatable bonds is 7. The van der Waals surface area contributed by atoms with Crippen molar-refractivity contribution in [3.63, 3.8) is 0 Å². The van der Waals surface area contributed by atoms with Crippen LogP contribution in [0.5, 0.6) is 0 Å². The van der Waals surface area contributed by atoms with Crippen LogP contribution in [0.1, 0.15) is 53.9 Å². The predicted octanol–water partition coefficient (Wildman–Crippen LogP) is 3.09. The highest BCUT2D eigenvalue weighted by molar-refractivity contribution is 5.91. The molecule has 2 N–H and O–H groups in total. The van der Waals surface area contributed by atoms with Gasteiger partial charge in [0.15, 0.2) is 0 Å². The van der Waals surface area contributed by atoms with E-state index in [-0.39, 0.29) is 23.5 Å². The molecule has 3 nitrogen and oxygen atoms in total. The SMILES string of the molecule is C=C(C)C[C@@H](C(=O)C(C)(C)C)[C@H](CCC)C(N)=O. The second-order valence-electron chi connectivity index (χ2n) is 6.18. The fourth-order valence-corrected chi connectivity index (χ4v) is 2.20. The van der Waals surface area contributed by atoms with Gasteiger partial charge in [-0.1, -0.05) is 39.7 Å². The van der Waals surface area contributed by atoms with E-state index in [1.54, 1.807) is 0 Å². The van der Waals surface area contributed by atoms with Gasteiger partial charge < -0.3 is 5.73 Å². The zero-order valence-corrected chi connectivity index (χ0v) is 12.4. The van der Waals surface area contributed by atoms with Crippen LogP contribution < -0.4 is 5.73 Å². The van der Waals surface area contributed by atoms with E-state index in [4.69, 9.17) is 5.73 Å². The van der Waals surface area contributed by atoms with Crippen molar-refractivity contribution in [3.8, 4) is 0 Å². The lowest BCUT2D eigenvalue weighted by Gasteiger charge is -2.29. The Bertz CT molecular complexity index is 326. The molecule has 0 saturated heterocycles. The maximum Gasteiger partial charge on any atom is 0.221 e. The van der Waals surface area contributed by atoms with E-state index >= 15 is 0 Å².